The number of hydrogen-bond acceptors (Lipinski definition) is 2. The average Bonchev–Trinajstić information content (AvgIpc) is 2.53. The molecule has 0 aromatic heterocycles. The summed E-state index contributed by atoms with van der Waals surface area (Å²) in [5, 5.41) is 0. The maximum Gasteiger partial charge on any atom is 0.253 e. The molecule has 1 aromatic carbocycles. The quantitative estimate of drug-likeness (QED) is 0.797. The highest BCUT2D eigenvalue weighted by Crippen LogP contribution is 2.18. The molecular formula is C16H23ClN2O. The first-order chi connectivity index (χ1) is 9.65. The Morgan fingerprint density at radius 3 is 2.40 bits per heavy atom. The van der Waals surface area contributed by atoms with Crippen molar-refractivity contribution >= 4 is 17.5 Å². The second-order valence-electron chi connectivity index (χ2n) is 5.41. The van der Waals surface area contributed by atoms with Gasteiger partial charge in [-0.2, -0.15) is 0 Å². The maximum absolute atomic E-state index is 12.5. The van der Waals surface area contributed by atoms with E-state index in [1.54, 1.807) is 0 Å². The molecular weight excluding hydrogens is 272 g/mol. The van der Waals surface area contributed by atoms with Crippen LogP contribution in [-0.4, -0.2) is 48.4 Å². The predicted octanol–water partition coefficient (Wildman–Crippen LogP) is 2.98. The number of nitrogens with zero attached hydrogens (tertiary/aromatic N) is 2. The Balaban J connectivity index is 1.97. The molecule has 1 aliphatic heterocycles. The van der Waals surface area contributed by atoms with E-state index < -0.39 is 0 Å². The Morgan fingerprint density at radius 2 is 1.90 bits per heavy atom. The van der Waals surface area contributed by atoms with Crippen molar-refractivity contribution in [2.75, 3.05) is 26.7 Å². The minimum atomic E-state index is 0.112. The second kappa shape index (κ2) is 7.09. The van der Waals surface area contributed by atoms with E-state index in [-0.39, 0.29) is 5.91 Å². The fourth-order valence-corrected chi connectivity index (χ4v) is 2.91. The summed E-state index contributed by atoms with van der Waals surface area (Å²) in [7, 11) is 1.92. The van der Waals surface area contributed by atoms with Gasteiger partial charge in [-0.1, -0.05) is 19.1 Å². The molecule has 1 aromatic rings. The molecule has 110 valence electrons. The van der Waals surface area contributed by atoms with E-state index in [2.05, 4.69) is 11.8 Å². The molecule has 1 fully saturated rings. The molecule has 3 nitrogen and oxygen atoms in total. The Bertz CT molecular complexity index is 438. The zero-order valence-corrected chi connectivity index (χ0v) is 13.1. The number of amides is 1. The van der Waals surface area contributed by atoms with Crippen molar-refractivity contribution in [3.8, 4) is 0 Å². The molecule has 4 heteroatoms. The van der Waals surface area contributed by atoms with Crippen molar-refractivity contribution in [1.29, 1.82) is 0 Å². The minimum absolute atomic E-state index is 0.112. The van der Waals surface area contributed by atoms with Crippen LogP contribution >= 0.6 is 11.6 Å². The van der Waals surface area contributed by atoms with E-state index in [0.717, 1.165) is 43.6 Å². The van der Waals surface area contributed by atoms with Gasteiger partial charge in [0, 0.05) is 37.6 Å². The molecule has 20 heavy (non-hydrogen) atoms. The molecule has 0 saturated carbocycles. The highest BCUT2D eigenvalue weighted by atomic mass is 35.5. The number of carbonyl (C=O) groups excluding carboxylic acids is 1. The van der Waals surface area contributed by atoms with Crippen LogP contribution in [0.5, 0.6) is 0 Å². The number of piperidine rings is 1. The molecule has 0 bridgehead atoms. The van der Waals surface area contributed by atoms with Crippen molar-refractivity contribution in [1.82, 2.24) is 9.80 Å². The normalized spacial score (nSPS) is 17.1. The fraction of sp³-hybridized carbons (Fsp3) is 0.562. The van der Waals surface area contributed by atoms with Gasteiger partial charge in [0.05, 0.1) is 0 Å². The first-order valence-electron chi connectivity index (χ1n) is 7.30. The van der Waals surface area contributed by atoms with Gasteiger partial charge in [0.2, 0.25) is 0 Å². The third-order valence-electron chi connectivity index (χ3n) is 4.23. The number of halogens is 1. The van der Waals surface area contributed by atoms with Crippen molar-refractivity contribution in [3.63, 3.8) is 0 Å². The number of likely N-dealkylation sites (tertiary alicyclic amines) is 1. The zero-order valence-electron chi connectivity index (χ0n) is 12.3. The van der Waals surface area contributed by atoms with Crippen LogP contribution in [0.1, 0.15) is 35.7 Å². The van der Waals surface area contributed by atoms with Crippen molar-refractivity contribution < 1.29 is 4.79 Å². The molecule has 0 atom stereocenters. The van der Waals surface area contributed by atoms with Crippen LogP contribution in [-0.2, 0) is 5.88 Å². The lowest BCUT2D eigenvalue weighted by molar-refractivity contribution is 0.0647. The number of carbonyl (C=O) groups is 1. The Labute approximate surface area is 126 Å². The van der Waals surface area contributed by atoms with Crippen LogP contribution in [0.2, 0.25) is 0 Å². The summed E-state index contributed by atoms with van der Waals surface area (Å²) in [5.41, 5.74) is 1.79. The van der Waals surface area contributed by atoms with Crippen LogP contribution in [0, 0.1) is 0 Å². The van der Waals surface area contributed by atoms with Crippen LogP contribution < -0.4 is 0 Å². The molecule has 0 spiro atoms. The van der Waals surface area contributed by atoms with Crippen molar-refractivity contribution in [2.45, 2.75) is 31.7 Å². The van der Waals surface area contributed by atoms with Gasteiger partial charge in [0.15, 0.2) is 0 Å². The summed E-state index contributed by atoms with van der Waals surface area (Å²) in [6.45, 7) is 5.46. The molecule has 1 aliphatic rings. The smallest absolute Gasteiger partial charge is 0.253 e. The number of alkyl halides is 1. The van der Waals surface area contributed by atoms with Gasteiger partial charge in [-0.05, 0) is 37.1 Å². The monoisotopic (exact) mass is 294 g/mol. The number of rotatable bonds is 4. The number of benzene rings is 1. The molecule has 0 unspecified atom stereocenters. The molecule has 1 amide bonds. The van der Waals surface area contributed by atoms with Crippen molar-refractivity contribution in [3.05, 3.63) is 35.4 Å². The van der Waals surface area contributed by atoms with Gasteiger partial charge < -0.3 is 9.80 Å². The molecule has 1 heterocycles. The molecule has 2 rings (SSSR count). The van der Waals surface area contributed by atoms with Crippen LogP contribution in [0.15, 0.2) is 24.3 Å². The minimum Gasteiger partial charge on any atom is -0.339 e. The zero-order chi connectivity index (χ0) is 14.5. The van der Waals surface area contributed by atoms with Crippen LogP contribution in [0.4, 0.5) is 0 Å². The van der Waals surface area contributed by atoms with E-state index >= 15 is 0 Å². The lowest BCUT2D eigenvalue weighted by Crippen LogP contribution is -2.45. The van der Waals surface area contributed by atoms with Gasteiger partial charge in [0.1, 0.15) is 0 Å². The summed E-state index contributed by atoms with van der Waals surface area (Å²) >= 11 is 5.77. The van der Waals surface area contributed by atoms with Crippen molar-refractivity contribution in [2.24, 2.45) is 0 Å². The SMILES string of the molecule is CCN1CCC(N(C)C(=O)c2ccc(CCl)cc2)CC1. The second-order valence-corrected chi connectivity index (χ2v) is 5.68. The van der Waals surface area contributed by atoms with Gasteiger partial charge >= 0.3 is 0 Å². The van der Waals surface area contributed by atoms with Crippen LogP contribution in [0.25, 0.3) is 0 Å². The van der Waals surface area contributed by atoms with E-state index in [4.69, 9.17) is 11.6 Å². The van der Waals surface area contributed by atoms with Gasteiger partial charge in [-0.25, -0.2) is 0 Å². The Hall–Kier alpha value is -1.06. The topological polar surface area (TPSA) is 23.6 Å². The Kier molecular flexibility index (Phi) is 5.44. The van der Waals surface area contributed by atoms with Crippen LogP contribution in [0.3, 0.4) is 0 Å². The third kappa shape index (κ3) is 3.53. The largest absolute Gasteiger partial charge is 0.339 e. The van der Waals surface area contributed by atoms with E-state index in [0.29, 0.717) is 11.9 Å². The highest BCUT2D eigenvalue weighted by molar-refractivity contribution is 6.17. The van der Waals surface area contributed by atoms with E-state index in [1.165, 1.54) is 0 Å². The molecule has 0 N–H and O–H groups in total. The van der Waals surface area contributed by atoms with Gasteiger partial charge in [-0.3, -0.25) is 4.79 Å². The standard InChI is InChI=1S/C16H23ClN2O/c1-3-19-10-8-15(9-11-19)18(2)16(20)14-6-4-13(12-17)5-7-14/h4-7,15H,3,8-12H2,1-2H3. The van der Waals surface area contributed by atoms with Gasteiger partial charge in [-0.15, -0.1) is 11.6 Å². The summed E-state index contributed by atoms with van der Waals surface area (Å²) < 4.78 is 0. The van der Waals surface area contributed by atoms with E-state index in [9.17, 15) is 4.79 Å². The summed E-state index contributed by atoms with van der Waals surface area (Å²) in [6, 6.07) is 7.95. The molecule has 0 aliphatic carbocycles. The predicted molar refractivity (Wildman–Crippen MR) is 83.2 cm³/mol. The number of hydrogen-bond donors (Lipinski definition) is 0. The molecule has 0 radical (unpaired) electrons. The highest BCUT2D eigenvalue weighted by Gasteiger charge is 2.25. The maximum atomic E-state index is 12.5. The molecule has 1 saturated heterocycles. The fourth-order valence-electron chi connectivity index (χ4n) is 2.73. The lowest BCUT2D eigenvalue weighted by atomic mass is 10.0. The third-order valence-corrected chi connectivity index (χ3v) is 4.54. The average molecular weight is 295 g/mol. The lowest BCUT2D eigenvalue weighted by Gasteiger charge is -2.36. The summed E-state index contributed by atoms with van der Waals surface area (Å²) in [5.74, 6) is 0.598. The first kappa shape index (κ1) is 15.3. The Morgan fingerprint density at radius 1 is 1.30 bits per heavy atom. The van der Waals surface area contributed by atoms with Gasteiger partial charge in [0.25, 0.3) is 5.91 Å². The summed E-state index contributed by atoms with van der Waals surface area (Å²) in [6.07, 6.45) is 2.13. The van der Waals surface area contributed by atoms with E-state index in [1.807, 2.05) is 36.2 Å². The first-order valence-corrected chi connectivity index (χ1v) is 7.83. The summed E-state index contributed by atoms with van der Waals surface area (Å²) in [4.78, 5) is 16.8.